The first-order chi connectivity index (χ1) is 11.8. The molecule has 0 unspecified atom stereocenters. The molecule has 0 fully saturated rings. The summed E-state index contributed by atoms with van der Waals surface area (Å²) in [5.74, 6) is -1.05. The van der Waals surface area contributed by atoms with Crippen molar-refractivity contribution in [2.24, 2.45) is 0 Å². The normalized spacial score (nSPS) is 11.5. The van der Waals surface area contributed by atoms with Crippen LogP contribution in [0, 0.1) is 0 Å². The van der Waals surface area contributed by atoms with Gasteiger partial charge in [-0.05, 0) is 37.3 Å². The van der Waals surface area contributed by atoms with E-state index in [0.29, 0.717) is 5.69 Å². The standard InChI is InChI=1S/C18H14F3NO3/c1-2-25-16(23)11-10-14-4-3-5-15(22-14)17(24)12-6-8-13(9-7-12)18(19,20)21/h3-11H,2H2,1H3/b11-10+. The molecule has 2 rings (SSSR count). The molecule has 0 saturated carbocycles. The maximum atomic E-state index is 12.6. The first-order valence-corrected chi connectivity index (χ1v) is 7.35. The highest BCUT2D eigenvalue weighted by Crippen LogP contribution is 2.29. The second-order valence-corrected chi connectivity index (χ2v) is 4.94. The molecule has 1 aromatic heterocycles. The van der Waals surface area contributed by atoms with E-state index in [1.807, 2.05) is 0 Å². The third-order valence-electron chi connectivity index (χ3n) is 3.15. The lowest BCUT2D eigenvalue weighted by atomic mass is 10.1. The second kappa shape index (κ2) is 7.74. The van der Waals surface area contributed by atoms with Crippen LogP contribution in [0.15, 0.2) is 48.5 Å². The Morgan fingerprint density at radius 2 is 1.80 bits per heavy atom. The number of ketones is 1. The van der Waals surface area contributed by atoms with Crippen LogP contribution in [0.1, 0.15) is 34.2 Å². The molecule has 0 aliphatic carbocycles. The summed E-state index contributed by atoms with van der Waals surface area (Å²) < 4.78 is 42.4. The number of aromatic nitrogens is 1. The molecular weight excluding hydrogens is 335 g/mol. The Balaban J connectivity index is 2.20. The van der Waals surface area contributed by atoms with Crippen LogP contribution in [0.3, 0.4) is 0 Å². The minimum Gasteiger partial charge on any atom is -0.463 e. The number of halogens is 3. The first-order valence-electron chi connectivity index (χ1n) is 7.35. The van der Waals surface area contributed by atoms with Crippen molar-refractivity contribution >= 4 is 17.8 Å². The third-order valence-corrected chi connectivity index (χ3v) is 3.15. The average molecular weight is 349 g/mol. The molecule has 130 valence electrons. The van der Waals surface area contributed by atoms with Gasteiger partial charge >= 0.3 is 12.1 Å². The molecule has 4 nitrogen and oxygen atoms in total. The van der Waals surface area contributed by atoms with Gasteiger partial charge in [0.15, 0.2) is 0 Å². The van der Waals surface area contributed by atoms with Crippen molar-refractivity contribution in [2.45, 2.75) is 13.1 Å². The SMILES string of the molecule is CCOC(=O)/C=C/c1cccc(C(=O)c2ccc(C(F)(F)F)cc2)n1. The monoisotopic (exact) mass is 349 g/mol. The zero-order valence-electron chi connectivity index (χ0n) is 13.2. The van der Waals surface area contributed by atoms with Crippen LogP contribution in [0.25, 0.3) is 6.08 Å². The van der Waals surface area contributed by atoms with Crippen LogP contribution >= 0.6 is 0 Å². The van der Waals surface area contributed by atoms with Gasteiger partial charge in [-0.2, -0.15) is 13.2 Å². The third kappa shape index (κ3) is 5.00. The van der Waals surface area contributed by atoms with Crippen LogP contribution in [0.5, 0.6) is 0 Å². The van der Waals surface area contributed by atoms with Crippen molar-refractivity contribution in [2.75, 3.05) is 6.61 Å². The highest BCUT2D eigenvalue weighted by atomic mass is 19.4. The van der Waals surface area contributed by atoms with Crippen molar-refractivity contribution in [3.63, 3.8) is 0 Å². The summed E-state index contributed by atoms with van der Waals surface area (Å²) in [4.78, 5) is 27.7. The molecule has 25 heavy (non-hydrogen) atoms. The lowest BCUT2D eigenvalue weighted by Crippen LogP contribution is -2.08. The van der Waals surface area contributed by atoms with Gasteiger partial charge in [0.05, 0.1) is 17.9 Å². The summed E-state index contributed by atoms with van der Waals surface area (Å²) in [6.07, 6.45) is -1.89. The van der Waals surface area contributed by atoms with E-state index >= 15 is 0 Å². The fourth-order valence-electron chi connectivity index (χ4n) is 1.97. The van der Waals surface area contributed by atoms with Gasteiger partial charge in [-0.1, -0.05) is 18.2 Å². The van der Waals surface area contributed by atoms with Crippen LogP contribution in [-0.2, 0) is 15.7 Å². The molecule has 0 radical (unpaired) electrons. The first kappa shape index (κ1) is 18.4. The number of carbonyl (C=O) groups excluding carboxylic acids is 2. The van der Waals surface area contributed by atoms with E-state index in [4.69, 9.17) is 4.74 Å². The predicted molar refractivity (Wildman–Crippen MR) is 84.8 cm³/mol. The summed E-state index contributed by atoms with van der Waals surface area (Å²) in [6, 6.07) is 8.49. The molecule has 1 aromatic carbocycles. The van der Waals surface area contributed by atoms with E-state index < -0.39 is 23.5 Å². The molecule has 0 saturated heterocycles. The highest BCUT2D eigenvalue weighted by molar-refractivity contribution is 6.07. The van der Waals surface area contributed by atoms with E-state index in [0.717, 1.165) is 24.3 Å². The molecule has 2 aromatic rings. The maximum absolute atomic E-state index is 12.6. The molecular formula is C18H14F3NO3. The van der Waals surface area contributed by atoms with Crippen molar-refractivity contribution < 1.29 is 27.5 Å². The molecule has 0 amide bonds. The number of benzene rings is 1. The fourth-order valence-corrected chi connectivity index (χ4v) is 1.97. The van der Waals surface area contributed by atoms with Crippen LogP contribution in [0.4, 0.5) is 13.2 Å². The van der Waals surface area contributed by atoms with Gasteiger partial charge < -0.3 is 4.74 Å². The number of pyridine rings is 1. The van der Waals surface area contributed by atoms with Crippen molar-refractivity contribution in [1.82, 2.24) is 4.98 Å². The van der Waals surface area contributed by atoms with Gasteiger partial charge in [-0.3, -0.25) is 4.79 Å². The van der Waals surface area contributed by atoms with Gasteiger partial charge in [0.25, 0.3) is 0 Å². The molecule has 7 heteroatoms. The largest absolute Gasteiger partial charge is 0.463 e. The Labute approximate surface area is 142 Å². The Hall–Kier alpha value is -2.96. The van der Waals surface area contributed by atoms with Gasteiger partial charge in [0.1, 0.15) is 5.69 Å². The summed E-state index contributed by atoms with van der Waals surface area (Å²) >= 11 is 0. The topological polar surface area (TPSA) is 56.3 Å². The smallest absolute Gasteiger partial charge is 0.416 e. The number of carbonyl (C=O) groups is 2. The molecule has 0 bridgehead atoms. The molecule has 0 N–H and O–H groups in total. The lowest BCUT2D eigenvalue weighted by Gasteiger charge is -2.07. The van der Waals surface area contributed by atoms with Crippen molar-refractivity contribution in [1.29, 1.82) is 0 Å². The summed E-state index contributed by atoms with van der Waals surface area (Å²) in [5.41, 5.74) is -0.327. The molecule has 0 aliphatic rings. The molecule has 0 aliphatic heterocycles. The van der Waals surface area contributed by atoms with Crippen molar-refractivity contribution in [3.05, 3.63) is 71.1 Å². The van der Waals surface area contributed by atoms with Crippen LogP contribution < -0.4 is 0 Å². The van der Waals surface area contributed by atoms with Crippen LogP contribution in [0.2, 0.25) is 0 Å². The Morgan fingerprint density at radius 3 is 2.40 bits per heavy atom. The number of hydrogen-bond donors (Lipinski definition) is 0. The number of hydrogen-bond acceptors (Lipinski definition) is 4. The molecule has 0 spiro atoms. The lowest BCUT2D eigenvalue weighted by molar-refractivity contribution is -0.138. The Kier molecular flexibility index (Phi) is 5.69. The minimum atomic E-state index is -4.46. The maximum Gasteiger partial charge on any atom is 0.416 e. The second-order valence-electron chi connectivity index (χ2n) is 4.94. The van der Waals surface area contributed by atoms with Gasteiger partial charge in [0.2, 0.25) is 5.78 Å². The molecule has 1 heterocycles. The van der Waals surface area contributed by atoms with E-state index in [2.05, 4.69) is 4.98 Å². The minimum absolute atomic E-state index is 0.0609. The number of rotatable bonds is 5. The average Bonchev–Trinajstić information content (AvgIpc) is 2.59. The summed E-state index contributed by atoms with van der Waals surface area (Å²) in [7, 11) is 0. The number of ether oxygens (including phenoxy) is 1. The van der Waals surface area contributed by atoms with Gasteiger partial charge in [0, 0.05) is 11.6 Å². The number of alkyl halides is 3. The van der Waals surface area contributed by atoms with Crippen molar-refractivity contribution in [3.8, 4) is 0 Å². The summed E-state index contributed by atoms with van der Waals surface area (Å²) in [6.45, 7) is 1.91. The number of nitrogens with zero attached hydrogens (tertiary/aromatic N) is 1. The Morgan fingerprint density at radius 1 is 1.12 bits per heavy atom. The predicted octanol–water partition coefficient (Wildman–Crippen LogP) is 3.91. The van der Waals surface area contributed by atoms with Gasteiger partial charge in [-0.25, -0.2) is 9.78 Å². The van der Waals surface area contributed by atoms with E-state index in [-0.39, 0.29) is 17.9 Å². The van der Waals surface area contributed by atoms with E-state index in [1.54, 1.807) is 19.1 Å². The fraction of sp³-hybridized carbons (Fsp3) is 0.167. The summed E-state index contributed by atoms with van der Waals surface area (Å²) in [5, 5.41) is 0. The number of esters is 1. The van der Waals surface area contributed by atoms with Gasteiger partial charge in [-0.15, -0.1) is 0 Å². The zero-order valence-corrected chi connectivity index (χ0v) is 13.2. The molecule has 0 atom stereocenters. The zero-order chi connectivity index (χ0) is 18.4. The Bertz CT molecular complexity index is 796. The van der Waals surface area contributed by atoms with Crippen LogP contribution in [-0.4, -0.2) is 23.3 Å². The highest BCUT2D eigenvalue weighted by Gasteiger charge is 2.30. The van der Waals surface area contributed by atoms with E-state index in [9.17, 15) is 22.8 Å². The van der Waals surface area contributed by atoms with E-state index in [1.165, 1.54) is 18.2 Å². The quantitative estimate of drug-likeness (QED) is 0.467.